The molecule has 0 amide bonds. The number of rotatable bonds is 4. The highest BCUT2D eigenvalue weighted by Gasteiger charge is 2.27. The molecule has 0 aliphatic carbocycles. The average Bonchev–Trinajstić information content (AvgIpc) is 3.81. The summed E-state index contributed by atoms with van der Waals surface area (Å²) < 4.78 is 2.66. The van der Waals surface area contributed by atoms with Crippen LogP contribution in [-0.2, 0) is 10.8 Å². The molecular weight excluding hydrogens is 737 g/mol. The number of thiophene rings is 2. The predicted molar refractivity (Wildman–Crippen MR) is 260 cm³/mol. The van der Waals surface area contributed by atoms with Gasteiger partial charge in [0, 0.05) is 52.2 Å². The third-order valence-electron chi connectivity index (χ3n) is 11.6. The van der Waals surface area contributed by atoms with Crippen LogP contribution in [0.5, 0.6) is 0 Å². The first-order valence-corrected chi connectivity index (χ1v) is 22.3. The van der Waals surface area contributed by atoms with E-state index in [1.165, 1.54) is 107 Å². The first-order valence-electron chi connectivity index (χ1n) is 20.7. The molecule has 0 N–H and O–H groups in total. The molecule has 8 aromatic carbocycles. The van der Waals surface area contributed by atoms with Gasteiger partial charge >= 0.3 is 0 Å². The minimum Gasteiger partial charge on any atom is -0.134 e. The molecule has 0 radical (unpaired) electrons. The Labute approximate surface area is 351 Å². The Balaban J connectivity index is 0.00000215. The summed E-state index contributed by atoms with van der Waals surface area (Å²) in [6.45, 7) is 17.9. The summed E-state index contributed by atoms with van der Waals surface area (Å²) in [7, 11) is 0. The smallest absolute Gasteiger partial charge is 0.0446 e. The second kappa shape index (κ2) is 14.7. The monoisotopic (exact) mass is 786 g/mol. The van der Waals surface area contributed by atoms with E-state index in [0.29, 0.717) is 0 Å². The van der Waals surface area contributed by atoms with Gasteiger partial charge < -0.3 is 0 Å². The van der Waals surface area contributed by atoms with Crippen LogP contribution in [0.1, 0.15) is 66.5 Å². The van der Waals surface area contributed by atoms with Gasteiger partial charge in [-0.15, -0.1) is 22.7 Å². The molecule has 10 aromatic rings. The molecule has 0 aliphatic rings. The minimum atomic E-state index is 0.0551. The van der Waals surface area contributed by atoms with Gasteiger partial charge in [0.05, 0.1) is 0 Å². The number of benzene rings is 8. The van der Waals surface area contributed by atoms with Crippen molar-refractivity contribution in [2.75, 3.05) is 0 Å². The van der Waals surface area contributed by atoms with E-state index in [1.54, 1.807) is 0 Å². The fraction of sp³-hybridized carbons (Fsp3) is 0.179. The van der Waals surface area contributed by atoms with Crippen molar-refractivity contribution in [2.24, 2.45) is 0 Å². The van der Waals surface area contributed by atoms with Crippen LogP contribution < -0.4 is 0 Å². The molecule has 0 aliphatic heterocycles. The zero-order valence-electron chi connectivity index (χ0n) is 34.8. The van der Waals surface area contributed by atoms with Gasteiger partial charge in [-0.3, -0.25) is 0 Å². The van der Waals surface area contributed by atoms with Crippen LogP contribution in [0, 0.1) is 0 Å². The maximum absolute atomic E-state index is 2.48. The molecule has 0 saturated heterocycles. The summed E-state index contributed by atoms with van der Waals surface area (Å²) in [5.74, 6) is 0. The molecule has 0 spiro atoms. The predicted octanol–water partition coefficient (Wildman–Crippen LogP) is 17.9. The normalized spacial score (nSPS) is 12.1. The van der Waals surface area contributed by atoms with Gasteiger partial charge in [-0.1, -0.05) is 189 Å². The Kier molecular flexibility index (Phi) is 9.62. The van der Waals surface area contributed by atoms with Crippen LogP contribution >= 0.6 is 22.7 Å². The van der Waals surface area contributed by atoms with E-state index in [9.17, 15) is 0 Å². The van der Waals surface area contributed by atoms with E-state index < -0.39 is 0 Å². The summed E-state index contributed by atoms with van der Waals surface area (Å²) in [5.41, 5.74) is 10.6. The van der Waals surface area contributed by atoms with Crippen molar-refractivity contribution in [3.8, 4) is 43.1 Å². The summed E-state index contributed by atoms with van der Waals surface area (Å²) >= 11 is 3.90. The molecular formula is C56H50S2. The molecule has 0 fully saturated rings. The summed E-state index contributed by atoms with van der Waals surface area (Å²) in [6.07, 6.45) is 0. The Hall–Kier alpha value is -5.54. The van der Waals surface area contributed by atoms with E-state index in [2.05, 4.69) is 199 Å². The SMILES string of the molecule is CC.CC(C)(C)c1ccc2c(-c3ccccc3)c(-c3c4ccccc4c(-c4sc5cc(C(C)(C)C)ccc5c4-c4ccccc4)c4cc5ccccc5cc34)sc2c1. The highest BCUT2D eigenvalue weighted by Crippen LogP contribution is 2.55. The maximum atomic E-state index is 2.48. The Bertz CT molecular complexity index is 2910. The van der Waals surface area contributed by atoms with Gasteiger partial charge in [0.15, 0.2) is 0 Å². The minimum absolute atomic E-state index is 0.0551. The van der Waals surface area contributed by atoms with Crippen molar-refractivity contribution < 1.29 is 0 Å². The first kappa shape index (κ1) is 38.0. The van der Waals surface area contributed by atoms with E-state index in [4.69, 9.17) is 0 Å². The molecule has 286 valence electrons. The molecule has 0 bridgehead atoms. The summed E-state index contributed by atoms with van der Waals surface area (Å²) in [4.78, 5) is 2.66. The van der Waals surface area contributed by atoms with Gasteiger partial charge in [0.2, 0.25) is 0 Å². The molecule has 0 unspecified atom stereocenters. The molecule has 0 atom stereocenters. The van der Waals surface area contributed by atoms with Crippen LogP contribution in [0.15, 0.2) is 158 Å². The lowest BCUT2D eigenvalue weighted by Crippen LogP contribution is -2.10. The highest BCUT2D eigenvalue weighted by molar-refractivity contribution is 7.23. The average molecular weight is 787 g/mol. The van der Waals surface area contributed by atoms with Crippen molar-refractivity contribution in [3.63, 3.8) is 0 Å². The molecule has 0 nitrogen and oxygen atoms in total. The number of hydrogen-bond donors (Lipinski definition) is 0. The first-order chi connectivity index (χ1) is 28.0. The summed E-state index contributed by atoms with van der Waals surface area (Å²) in [5, 5.41) is 10.3. The van der Waals surface area contributed by atoms with E-state index >= 15 is 0 Å². The number of hydrogen-bond acceptors (Lipinski definition) is 2. The van der Waals surface area contributed by atoms with E-state index in [0.717, 1.165) is 0 Å². The lowest BCUT2D eigenvalue weighted by molar-refractivity contribution is 0.591. The zero-order valence-corrected chi connectivity index (χ0v) is 36.5. The molecule has 10 rings (SSSR count). The largest absolute Gasteiger partial charge is 0.134 e. The van der Waals surface area contributed by atoms with Crippen molar-refractivity contribution in [3.05, 3.63) is 169 Å². The van der Waals surface area contributed by atoms with Crippen molar-refractivity contribution in [1.29, 1.82) is 0 Å². The van der Waals surface area contributed by atoms with Crippen LogP contribution in [0.3, 0.4) is 0 Å². The van der Waals surface area contributed by atoms with Gasteiger partial charge in [-0.05, 0) is 89.7 Å². The van der Waals surface area contributed by atoms with Crippen LogP contribution in [0.4, 0.5) is 0 Å². The zero-order chi connectivity index (χ0) is 40.3. The van der Waals surface area contributed by atoms with E-state index in [-0.39, 0.29) is 10.8 Å². The van der Waals surface area contributed by atoms with Crippen molar-refractivity contribution >= 4 is 75.2 Å². The second-order valence-electron chi connectivity index (χ2n) is 17.3. The highest BCUT2D eigenvalue weighted by atomic mass is 32.1. The third kappa shape index (κ3) is 6.44. The van der Waals surface area contributed by atoms with Gasteiger partial charge in [0.1, 0.15) is 0 Å². The van der Waals surface area contributed by atoms with Crippen LogP contribution in [0.2, 0.25) is 0 Å². The quantitative estimate of drug-likeness (QED) is 0.156. The van der Waals surface area contributed by atoms with Gasteiger partial charge in [-0.2, -0.15) is 0 Å². The molecule has 2 heteroatoms. The van der Waals surface area contributed by atoms with Crippen LogP contribution in [0.25, 0.3) is 95.6 Å². The Morgan fingerprint density at radius 1 is 0.328 bits per heavy atom. The topological polar surface area (TPSA) is 0 Å². The van der Waals surface area contributed by atoms with Crippen molar-refractivity contribution in [1.82, 2.24) is 0 Å². The second-order valence-corrected chi connectivity index (χ2v) is 19.4. The molecule has 2 aromatic heterocycles. The molecule has 0 saturated carbocycles. The maximum Gasteiger partial charge on any atom is 0.0446 e. The Morgan fingerprint density at radius 2 is 0.690 bits per heavy atom. The van der Waals surface area contributed by atoms with Crippen molar-refractivity contribution in [2.45, 2.75) is 66.2 Å². The molecule has 2 heterocycles. The standard InChI is InChI=1S/C54H44S2.C2H6/c1-53(2,3)37-25-27-41-45(31-37)55-51(47(41)33-17-9-7-10-18-33)49-39-23-15-16-24-40(39)50(44-30-36-22-14-13-21-35(36)29-43(44)49)52-48(34-19-11-8-12-20-34)42-28-26-38(54(4,5)6)32-46(42)56-52;1-2/h7-32H,1-6H3;1-2H3. The summed E-state index contributed by atoms with van der Waals surface area (Å²) in [6, 6.07) is 59.5. The Morgan fingerprint density at radius 3 is 1.07 bits per heavy atom. The fourth-order valence-electron chi connectivity index (χ4n) is 8.61. The van der Waals surface area contributed by atoms with Gasteiger partial charge in [0.25, 0.3) is 0 Å². The lowest BCUT2D eigenvalue weighted by atomic mass is 9.84. The third-order valence-corrected chi connectivity index (χ3v) is 13.9. The lowest BCUT2D eigenvalue weighted by Gasteiger charge is -2.19. The fourth-order valence-corrected chi connectivity index (χ4v) is 11.3. The molecule has 58 heavy (non-hydrogen) atoms. The number of fused-ring (bicyclic) bond motifs is 5. The van der Waals surface area contributed by atoms with E-state index in [1.807, 2.05) is 36.5 Å². The van der Waals surface area contributed by atoms with Crippen LogP contribution in [-0.4, -0.2) is 0 Å². The van der Waals surface area contributed by atoms with Gasteiger partial charge in [-0.25, -0.2) is 0 Å².